The second kappa shape index (κ2) is 7.62. The maximum Gasteiger partial charge on any atom is 0.224 e. The van der Waals surface area contributed by atoms with Crippen LogP contribution in [0.3, 0.4) is 0 Å². The quantitative estimate of drug-likeness (QED) is 0.810. The molecule has 1 spiro atoms. The summed E-state index contributed by atoms with van der Waals surface area (Å²) in [6.45, 7) is 11.1. The lowest BCUT2D eigenvalue weighted by Gasteiger charge is -2.48. The second-order valence-electron chi connectivity index (χ2n) is 8.34. The van der Waals surface area contributed by atoms with Crippen LogP contribution in [0, 0.1) is 11.8 Å². The molecule has 0 bridgehead atoms. The number of hydrogen-bond acceptors (Lipinski definition) is 4. The van der Waals surface area contributed by atoms with Gasteiger partial charge in [0.05, 0.1) is 12.2 Å². The van der Waals surface area contributed by atoms with Gasteiger partial charge in [-0.25, -0.2) is 0 Å². The standard InChI is InChI=1S/C19H33N3O3/c1-14(2)21-8-5-19(6-9-21)13-22(10-11-25-19)17(23)4-7-20-18(24)16-12-15(16)3/h14-16H,4-13H2,1-3H3,(H,20,24). The molecule has 2 aliphatic heterocycles. The first-order chi connectivity index (χ1) is 11.9. The molecule has 3 aliphatic rings. The molecule has 1 N–H and O–H groups in total. The Kier molecular flexibility index (Phi) is 5.68. The molecule has 3 rings (SSSR count). The van der Waals surface area contributed by atoms with Crippen molar-refractivity contribution in [3.63, 3.8) is 0 Å². The number of carbonyl (C=O) groups is 2. The zero-order chi connectivity index (χ0) is 18.0. The van der Waals surface area contributed by atoms with E-state index in [9.17, 15) is 9.59 Å². The highest BCUT2D eigenvalue weighted by Crippen LogP contribution is 2.37. The number of piperidine rings is 1. The summed E-state index contributed by atoms with van der Waals surface area (Å²) in [6, 6.07) is 0.566. The van der Waals surface area contributed by atoms with Crippen molar-refractivity contribution in [2.45, 2.75) is 58.1 Å². The number of carbonyl (C=O) groups excluding carboxylic acids is 2. The van der Waals surface area contributed by atoms with Crippen LogP contribution in [0.2, 0.25) is 0 Å². The summed E-state index contributed by atoms with van der Waals surface area (Å²) in [5.74, 6) is 0.928. The summed E-state index contributed by atoms with van der Waals surface area (Å²) in [5, 5.41) is 2.91. The number of amides is 2. The Morgan fingerprint density at radius 1 is 1.24 bits per heavy atom. The van der Waals surface area contributed by atoms with E-state index in [2.05, 4.69) is 31.0 Å². The van der Waals surface area contributed by atoms with E-state index in [0.717, 1.165) is 32.4 Å². The zero-order valence-electron chi connectivity index (χ0n) is 15.9. The van der Waals surface area contributed by atoms with Crippen molar-refractivity contribution >= 4 is 11.8 Å². The maximum absolute atomic E-state index is 12.5. The van der Waals surface area contributed by atoms with Gasteiger partial charge in [0.2, 0.25) is 11.8 Å². The molecule has 2 saturated heterocycles. The van der Waals surface area contributed by atoms with Crippen LogP contribution in [0.5, 0.6) is 0 Å². The minimum Gasteiger partial charge on any atom is -0.371 e. The van der Waals surface area contributed by atoms with E-state index in [0.29, 0.717) is 44.6 Å². The van der Waals surface area contributed by atoms with Crippen LogP contribution in [0.25, 0.3) is 0 Å². The molecular weight excluding hydrogens is 318 g/mol. The number of hydrogen-bond donors (Lipinski definition) is 1. The number of nitrogens with one attached hydrogen (secondary N) is 1. The number of ether oxygens (including phenoxy) is 1. The van der Waals surface area contributed by atoms with E-state index in [-0.39, 0.29) is 23.3 Å². The number of rotatable bonds is 5. The molecular formula is C19H33N3O3. The molecule has 2 heterocycles. The van der Waals surface area contributed by atoms with Gasteiger partial charge in [-0.2, -0.15) is 0 Å². The molecule has 0 aromatic carbocycles. The smallest absolute Gasteiger partial charge is 0.224 e. The topological polar surface area (TPSA) is 61.9 Å². The van der Waals surface area contributed by atoms with Gasteiger partial charge in [-0.15, -0.1) is 0 Å². The molecule has 25 heavy (non-hydrogen) atoms. The highest BCUT2D eigenvalue weighted by molar-refractivity contribution is 5.82. The first kappa shape index (κ1) is 18.6. The Morgan fingerprint density at radius 3 is 2.52 bits per heavy atom. The Labute approximate surface area is 151 Å². The van der Waals surface area contributed by atoms with Crippen molar-refractivity contribution in [1.29, 1.82) is 0 Å². The SMILES string of the molecule is CC1CC1C(=O)NCCC(=O)N1CCOC2(CCN(C(C)C)CC2)C1. The van der Waals surface area contributed by atoms with E-state index in [4.69, 9.17) is 4.74 Å². The lowest BCUT2D eigenvalue weighted by molar-refractivity contribution is -0.160. The summed E-state index contributed by atoms with van der Waals surface area (Å²) >= 11 is 0. The summed E-state index contributed by atoms with van der Waals surface area (Å²) in [7, 11) is 0. The minimum absolute atomic E-state index is 0.111. The van der Waals surface area contributed by atoms with Gasteiger partial charge < -0.3 is 19.9 Å². The largest absolute Gasteiger partial charge is 0.371 e. The number of nitrogens with zero attached hydrogens (tertiary/aromatic N) is 2. The van der Waals surface area contributed by atoms with Gasteiger partial charge in [-0.1, -0.05) is 6.92 Å². The van der Waals surface area contributed by atoms with Crippen molar-refractivity contribution in [3.05, 3.63) is 0 Å². The number of morpholine rings is 1. The highest BCUT2D eigenvalue weighted by atomic mass is 16.5. The Hall–Kier alpha value is -1.14. The average molecular weight is 351 g/mol. The van der Waals surface area contributed by atoms with Crippen LogP contribution in [0.15, 0.2) is 0 Å². The Bertz CT molecular complexity index is 500. The minimum atomic E-state index is -0.161. The molecule has 2 unspecified atom stereocenters. The summed E-state index contributed by atoms with van der Waals surface area (Å²) in [4.78, 5) is 28.8. The third-order valence-electron chi connectivity index (χ3n) is 6.13. The molecule has 0 aromatic rings. The van der Waals surface area contributed by atoms with Crippen LogP contribution in [-0.4, -0.2) is 72.6 Å². The molecule has 0 radical (unpaired) electrons. The second-order valence-corrected chi connectivity index (χ2v) is 8.34. The van der Waals surface area contributed by atoms with E-state index in [1.165, 1.54) is 0 Å². The van der Waals surface area contributed by atoms with E-state index in [1.807, 2.05) is 4.90 Å². The van der Waals surface area contributed by atoms with Crippen LogP contribution < -0.4 is 5.32 Å². The molecule has 3 fully saturated rings. The van der Waals surface area contributed by atoms with Gasteiger partial charge in [0.15, 0.2) is 0 Å². The third kappa shape index (κ3) is 4.53. The Morgan fingerprint density at radius 2 is 1.92 bits per heavy atom. The van der Waals surface area contributed by atoms with Gasteiger partial charge in [0, 0.05) is 51.1 Å². The molecule has 0 aromatic heterocycles. The highest BCUT2D eigenvalue weighted by Gasteiger charge is 2.41. The van der Waals surface area contributed by atoms with E-state index < -0.39 is 0 Å². The molecule has 1 saturated carbocycles. The van der Waals surface area contributed by atoms with Crippen molar-refractivity contribution in [2.24, 2.45) is 11.8 Å². The molecule has 142 valence electrons. The molecule has 2 atom stereocenters. The first-order valence-electron chi connectivity index (χ1n) is 9.84. The lowest BCUT2D eigenvalue weighted by Crippen LogP contribution is -2.58. The fourth-order valence-corrected chi connectivity index (χ4v) is 4.08. The number of likely N-dealkylation sites (tertiary alicyclic amines) is 1. The first-order valence-corrected chi connectivity index (χ1v) is 9.84. The predicted octanol–water partition coefficient (Wildman–Crippen LogP) is 1.25. The van der Waals surface area contributed by atoms with Crippen molar-refractivity contribution in [1.82, 2.24) is 15.1 Å². The van der Waals surface area contributed by atoms with Gasteiger partial charge >= 0.3 is 0 Å². The third-order valence-corrected chi connectivity index (χ3v) is 6.13. The van der Waals surface area contributed by atoms with Crippen LogP contribution in [0.1, 0.15) is 46.5 Å². The van der Waals surface area contributed by atoms with Crippen molar-refractivity contribution in [2.75, 3.05) is 39.3 Å². The van der Waals surface area contributed by atoms with Crippen molar-refractivity contribution < 1.29 is 14.3 Å². The monoisotopic (exact) mass is 351 g/mol. The van der Waals surface area contributed by atoms with E-state index in [1.54, 1.807) is 0 Å². The molecule has 6 heteroatoms. The van der Waals surface area contributed by atoms with Gasteiger partial charge in [0.1, 0.15) is 0 Å². The average Bonchev–Trinajstić information content (AvgIpc) is 3.32. The maximum atomic E-state index is 12.5. The predicted molar refractivity (Wildman–Crippen MR) is 96.1 cm³/mol. The van der Waals surface area contributed by atoms with Gasteiger partial charge in [-0.05, 0) is 39.0 Å². The van der Waals surface area contributed by atoms with Crippen LogP contribution >= 0.6 is 0 Å². The lowest BCUT2D eigenvalue weighted by atomic mass is 9.88. The van der Waals surface area contributed by atoms with Gasteiger partial charge in [0.25, 0.3) is 0 Å². The molecule has 6 nitrogen and oxygen atoms in total. The molecule has 1 aliphatic carbocycles. The van der Waals surface area contributed by atoms with E-state index >= 15 is 0 Å². The fraction of sp³-hybridized carbons (Fsp3) is 0.895. The summed E-state index contributed by atoms with van der Waals surface area (Å²) < 4.78 is 6.12. The summed E-state index contributed by atoms with van der Waals surface area (Å²) in [6.07, 6.45) is 3.36. The Balaban J connectivity index is 1.43. The van der Waals surface area contributed by atoms with Crippen LogP contribution in [-0.2, 0) is 14.3 Å². The normalized spacial score (nSPS) is 29.0. The van der Waals surface area contributed by atoms with Crippen LogP contribution in [0.4, 0.5) is 0 Å². The fourth-order valence-electron chi connectivity index (χ4n) is 4.08. The van der Waals surface area contributed by atoms with Crippen molar-refractivity contribution in [3.8, 4) is 0 Å². The zero-order valence-corrected chi connectivity index (χ0v) is 15.9. The van der Waals surface area contributed by atoms with Gasteiger partial charge in [-0.3, -0.25) is 9.59 Å². The summed E-state index contributed by atoms with van der Waals surface area (Å²) in [5.41, 5.74) is -0.161. The molecule has 2 amide bonds.